The molecule has 1 aliphatic rings. The van der Waals surface area contributed by atoms with E-state index < -0.39 is 0 Å². The van der Waals surface area contributed by atoms with Gasteiger partial charge in [0.05, 0.1) is 12.2 Å². The number of halogens is 2. The van der Waals surface area contributed by atoms with Gasteiger partial charge in [0.1, 0.15) is 5.01 Å². The molecule has 1 heterocycles. The SMILES string of the molecule is CC(N)C(C)C(=O)NCc1nc(C2CC2)cs1.Cl.Cl. The highest BCUT2D eigenvalue weighted by molar-refractivity contribution is 7.09. The van der Waals surface area contributed by atoms with Crippen LogP contribution < -0.4 is 11.1 Å². The van der Waals surface area contributed by atoms with Gasteiger partial charge in [-0.05, 0) is 19.8 Å². The van der Waals surface area contributed by atoms with E-state index >= 15 is 0 Å². The normalized spacial score (nSPS) is 16.8. The highest BCUT2D eigenvalue weighted by Gasteiger charge is 2.26. The molecule has 2 unspecified atom stereocenters. The van der Waals surface area contributed by atoms with Crippen LogP contribution in [0.1, 0.15) is 43.3 Å². The van der Waals surface area contributed by atoms with E-state index in [4.69, 9.17) is 5.73 Å². The number of amides is 1. The molecular formula is C12H21Cl2N3OS. The Labute approximate surface area is 130 Å². The van der Waals surface area contributed by atoms with Crippen molar-refractivity contribution in [3.8, 4) is 0 Å². The predicted molar refractivity (Wildman–Crippen MR) is 83.2 cm³/mol. The first-order valence-corrected chi connectivity index (χ1v) is 6.93. The number of carbonyl (C=O) groups excluding carboxylic acids is 1. The van der Waals surface area contributed by atoms with Gasteiger partial charge in [-0.1, -0.05) is 6.92 Å². The Morgan fingerprint density at radius 3 is 2.68 bits per heavy atom. The van der Waals surface area contributed by atoms with E-state index in [0.717, 1.165) is 5.01 Å². The molecule has 1 aromatic rings. The van der Waals surface area contributed by atoms with E-state index in [2.05, 4.69) is 15.7 Å². The van der Waals surface area contributed by atoms with Gasteiger partial charge in [-0.15, -0.1) is 36.2 Å². The monoisotopic (exact) mass is 325 g/mol. The first-order chi connectivity index (χ1) is 8.08. The van der Waals surface area contributed by atoms with Crippen molar-refractivity contribution in [3.05, 3.63) is 16.1 Å². The molecule has 2 rings (SSSR count). The summed E-state index contributed by atoms with van der Waals surface area (Å²) in [5.41, 5.74) is 6.88. The summed E-state index contributed by atoms with van der Waals surface area (Å²) < 4.78 is 0. The zero-order valence-corrected chi connectivity index (χ0v) is 13.5. The van der Waals surface area contributed by atoms with E-state index in [1.165, 1.54) is 18.5 Å². The Kier molecular flexibility index (Phi) is 7.89. The third-order valence-corrected chi connectivity index (χ3v) is 4.05. The lowest BCUT2D eigenvalue weighted by molar-refractivity contribution is -0.125. The van der Waals surface area contributed by atoms with Crippen LogP contribution in [0.4, 0.5) is 0 Å². The van der Waals surface area contributed by atoms with Crippen molar-refractivity contribution < 1.29 is 4.79 Å². The van der Waals surface area contributed by atoms with Crippen molar-refractivity contribution in [1.82, 2.24) is 10.3 Å². The molecule has 1 fully saturated rings. The number of nitrogens with zero attached hydrogens (tertiary/aromatic N) is 1. The van der Waals surface area contributed by atoms with Crippen molar-refractivity contribution in [2.75, 3.05) is 0 Å². The van der Waals surface area contributed by atoms with Crippen molar-refractivity contribution in [1.29, 1.82) is 0 Å². The molecule has 4 nitrogen and oxygen atoms in total. The molecule has 1 aromatic heterocycles. The molecule has 3 N–H and O–H groups in total. The van der Waals surface area contributed by atoms with Crippen LogP contribution >= 0.6 is 36.2 Å². The van der Waals surface area contributed by atoms with Gasteiger partial charge in [-0.2, -0.15) is 0 Å². The van der Waals surface area contributed by atoms with Crippen LogP contribution in [0.25, 0.3) is 0 Å². The van der Waals surface area contributed by atoms with E-state index in [1.54, 1.807) is 11.3 Å². The number of hydrogen-bond acceptors (Lipinski definition) is 4. The summed E-state index contributed by atoms with van der Waals surface area (Å²) in [5, 5.41) is 5.97. The van der Waals surface area contributed by atoms with Crippen LogP contribution in [0.5, 0.6) is 0 Å². The molecule has 0 aromatic carbocycles. The average Bonchev–Trinajstić information content (AvgIpc) is 3.05. The van der Waals surface area contributed by atoms with Gasteiger partial charge < -0.3 is 11.1 Å². The third-order valence-electron chi connectivity index (χ3n) is 3.18. The number of nitrogens with two attached hydrogens (primary N) is 1. The van der Waals surface area contributed by atoms with Gasteiger partial charge in [0.2, 0.25) is 5.91 Å². The van der Waals surface area contributed by atoms with Gasteiger partial charge in [0, 0.05) is 23.3 Å². The summed E-state index contributed by atoms with van der Waals surface area (Å²) in [5.74, 6) is 0.528. The molecule has 19 heavy (non-hydrogen) atoms. The number of rotatable bonds is 5. The Morgan fingerprint density at radius 2 is 2.16 bits per heavy atom. The van der Waals surface area contributed by atoms with Crippen LogP contribution in [-0.2, 0) is 11.3 Å². The van der Waals surface area contributed by atoms with Gasteiger partial charge in [0.15, 0.2) is 0 Å². The molecule has 0 bridgehead atoms. The number of hydrogen-bond donors (Lipinski definition) is 2. The maximum atomic E-state index is 11.7. The minimum absolute atomic E-state index is 0. The van der Waals surface area contributed by atoms with E-state index in [9.17, 15) is 4.79 Å². The Bertz CT molecular complexity index is 407. The second kappa shape index (κ2) is 8.04. The molecular weight excluding hydrogens is 305 g/mol. The second-order valence-electron chi connectivity index (χ2n) is 4.81. The van der Waals surface area contributed by atoms with E-state index in [1.807, 2.05) is 13.8 Å². The van der Waals surface area contributed by atoms with Crippen LogP contribution in [0.3, 0.4) is 0 Å². The molecule has 1 saturated carbocycles. The minimum atomic E-state index is -0.155. The molecule has 0 spiro atoms. The number of carbonyl (C=O) groups is 1. The van der Waals surface area contributed by atoms with Crippen LogP contribution in [0.15, 0.2) is 5.38 Å². The lowest BCUT2D eigenvalue weighted by Crippen LogP contribution is -2.38. The quantitative estimate of drug-likeness (QED) is 0.873. The Morgan fingerprint density at radius 1 is 1.53 bits per heavy atom. The molecule has 0 radical (unpaired) electrons. The second-order valence-corrected chi connectivity index (χ2v) is 5.75. The topological polar surface area (TPSA) is 68.0 Å². The number of thiazole rings is 1. The van der Waals surface area contributed by atoms with Crippen molar-refractivity contribution in [2.45, 2.75) is 45.2 Å². The largest absolute Gasteiger partial charge is 0.349 e. The fraction of sp³-hybridized carbons (Fsp3) is 0.667. The third kappa shape index (κ3) is 5.26. The minimum Gasteiger partial charge on any atom is -0.349 e. The van der Waals surface area contributed by atoms with Gasteiger partial charge in [-0.3, -0.25) is 4.79 Å². The maximum Gasteiger partial charge on any atom is 0.224 e. The summed E-state index contributed by atoms with van der Waals surface area (Å²) in [6.45, 7) is 4.21. The summed E-state index contributed by atoms with van der Waals surface area (Å²) in [4.78, 5) is 16.2. The molecule has 110 valence electrons. The van der Waals surface area contributed by atoms with Crippen LogP contribution in [-0.4, -0.2) is 16.9 Å². The summed E-state index contributed by atoms with van der Waals surface area (Å²) in [6.07, 6.45) is 2.52. The highest BCUT2D eigenvalue weighted by Crippen LogP contribution is 2.40. The Balaban J connectivity index is 0.00000162. The molecule has 0 saturated heterocycles. The van der Waals surface area contributed by atoms with E-state index in [0.29, 0.717) is 12.5 Å². The maximum absolute atomic E-state index is 11.7. The summed E-state index contributed by atoms with van der Waals surface area (Å²) in [6, 6.07) is -0.117. The predicted octanol–water partition coefficient (Wildman–Crippen LogP) is 2.46. The smallest absolute Gasteiger partial charge is 0.224 e. The zero-order chi connectivity index (χ0) is 12.4. The fourth-order valence-corrected chi connectivity index (χ4v) is 2.35. The molecule has 2 atom stereocenters. The van der Waals surface area contributed by atoms with Crippen molar-refractivity contribution in [3.63, 3.8) is 0 Å². The fourth-order valence-electron chi connectivity index (χ4n) is 1.54. The number of aromatic nitrogens is 1. The standard InChI is InChI=1S/C12H19N3OS.2ClH/c1-7(8(2)13)12(16)14-5-11-15-10(6-17-11)9-3-4-9;;/h6-9H,3-5,13H2,1-2H3,(H,14,16);2*1H. The lowest BCUT2D eigenvalue weighted by Gasteiger charge is -2.14. The first kappa shape index (κ1) is 18.6. The Hall–Kier alpha value is -0.360. The zero-order valence-electron chi connectivity index (χ0n) is 11.1. The highest BCUT2D eigenvalue weighted by atomic mass is 35.5. The first-order valence-electron chi connectivity index (χ1n) is 6.05. The van der Waals surface area contributed by atoms with E-state index in [-0.39, 0.29) is 42.7 Å². The molecule has 0 aliphatic heterocycles. The molecule has 7 heteroatoms. The lowest BCUT2D eigenvalue weighted by atomic mass is 10.0. The molecule has 1 amide bonds. The van der Waals surface area contributed by atoms with Crippen LogP contribution in [0, 0.1) is 5.92 Å². The summed E-state index contributed by atoms with van der Waals surface area (Å²) >= 11 is 1.62. The van der Waals surface area contributed by atoms with Crippen LogP contribution in [0.2, 0.25) is 0 Å². The van der Waals surface area contributed by atoms with Crippen molar-refractivity contribution >= 4 is 42.1 Å². The van der Waals surface area contributed by atoms with Gasteiger partial charge in [-0.25, -0.2) is 4.98 Å². The van der Waals surface area contributed by atoms with Gasteiger partial charge in [0.25, 0.3) is 0 Å². The van der Waals surface area contributed by atoms with Gasteiger partial charge >= 0.3 is 0 Å². The molecule has 1 aliphatic carbocycles. The van der Waals surface area contributed by atoms with Crippen molar-refractivity contribution in [2.24, 2.45) is 11.7 Å². The number of nitrogens with one attached hydrogen (secondary N) is 1. The summed E-state index contributed by atoms with van der Waals surface area (Å²) in [7, 11) is 0. The average molecular weight is 326 g/mol.